The Hall–Kier alpha value is -1.28. The number of fused-ring (bicyclic) bond motifs is 1. The van der Waals surface area contributed by atoms with Crippen molar-refractivity contribution in [1.82, 2.24) is 0 Å². The summed E-state index contributed by atoms with van der Waals surface area (Å²) in [5.74, 6) is 0. The molecule has 1 nitrogen and oxygen atoms in total. The number of benzene rings is 1. The molecule has 1 aromatic carbocycles. The summed E-state index contributed by atoms with van der Waals surface area (Å²) in [6, 6.07) is 11.5. The second-order valence-electron chi connectivity index (χ2n) is 4.46. The van der Waals surface area contributed by atoms with E-state index in [2.05, 4.69) is 49.5 Å². The molecule has 0 amide bonds. The van der Waals surface area contributed by atoms with Crippen LogP contribution in [0, 0.1) is 13.8 Å². The van der Waals surface area contributed by atoms with E-state index in [1.165, 1.54) is 26.6 Å². The number of para-hydroxylation sites is 1. The van der Waals surface area contributed by atoms with Crippen LogP contribution in [0.4, 0.5) is 5.69 Å². The molecule has 2 heterocycles. The van der Waals surface area contributed by atoms with E-state index >= 15 is 0 Å². The van der Waals surface area contributed by atoms with Crippen molar-refractivity contribution < 1.29 is 0 Å². The van der Waals surface area contributed by atoms with Crippen LogP contribution in [0.5, 0.6) is 0 Å². The quantitative estimate of drug-likeness (QED) is 0.777. The number of hydrogen-bond donors (Lipinski definition) is 1. The van der Waals surface area contributed by atoms with Gasteiger partial charge in [-0.1, -0.05) is 18.2 Å². The third-order valence-electron chi connectivity index (χ3n) is 3.21. The molecule has 1 aromatic heterocycles. The highest BCUT2D eigenvalue weighted by atomic mass is 32.1. The predicted octanol–water partition coefficient (Wildman–Crippen LogP) is 4.07. The van der Waals surface area contributed by atoms with Gasteiger partial charge in [-0.2, -0.15) is 0 Å². The Balaban J connectivity index is 1.93. The van der Waals surface area contributed by atoms with Gasteiger partial charge in [0, 0.05) is 15.4 Å². The molecule has 1 aliphatic heterocycles. The maximum atomic E-state index is 3.64. The summed E-state index contributed by atoms with van der Waals surface area (Å²) in [4.78, 5) is 2.84. The average molecular weight is 229 g/mol. The van der Waals surface area contributed by atoms with Crippen molar-refractivity contribution in [2.24, 2.45) is 0 Å². The first-order chi connectivity index (χ1) is 7.74. The van der Waals surface area contributed by atoms with Crippen molar-refractivity contribution in [3.05, 3.63) is 51.2 Å². The summed E-state index contributed by atoms with van der Waals surface area (Å²) >= 11 is 1.90. The van der Waals surface area contributed by atoms with Crippen LogP contribution in [-0.2, 0) is 6.42 Å². The lowest BCUT2D eigenvalue weighted by molar-refractivity contribution is 0.843. The van der Waals surface area contributed by atoms with Crippen LogP contribution in [0.1, 0.15) is 26.9 Å². The monoisotopic (exact) mass is 229 g/mol. The van der Waals surface area contributed by atoms with Crippen LogP contribution in [0.15, 0.2) is 30.3 Å². The largest absolute Gasteiger partial charge is 0.377 e. The zero-order valence-corrected chi connectivity index (χ0v) is 10.4. The van der Waals surface area contributed by atoms with E-state index < -0.39 is 0 Å². The minimum atomic E-state index is 0.481. The maximum Gasteiger partial charge on any atom is 0.0647 e. The number of aryl methyl sites for hydroxylation is 2. The van der Waals surface area contributed by atoms with E-state index in [0.29, 0.717) is 6.04 Å². The molecule has 0 fully saturated rings. The topological polar surface area (TPSA) is 12.0 Å². The molecule has 1 atom stereocenters. The van der Waals surface area contributed by atoms with Crippen molar-refractivity contribution in [3.8, 4) is 0 Å². The molecule has 2 aromatic rings. The van der Waals surface area contributed by atoms with Crippen LogP contribution >= 0.6 is 11.3 Å². The zero-order chi connectivity index (χ0) is 11.1. The van der Waals surface area contributed by atoms with Gasteiger partial charge >= 0.3 is 0 Å². The second-order valence-corrected chi connectivity index (χ2v) is 5.78. The standard InChI is InChI=1S/C14H15NS/c1-9-4-3-5-11-8-12(15-14(9)11)13-7-6-10(2)16-13/h3-7,12,15H,8H2,1-2H3. The Bertz CT molecular complexity index is 527. The summed E-state index contributed by atoms with van der Waals surface area (Å²) in [5.41, 5.74) is 4.16. The van der Waals surface area contributed by atoms with Gasteiger partial charge in [0.05, 0.1) is 6.04 Å². The lowest BCUT2D eigenvalue weighted by Crippen LogP contribution is -2.03. The number of hydrogen-bond acceptors (Lipinski definition) is 2. The van der Waals surface area contributed by atoms with Gasteiger partial charge in [-0.15, -0.1) is 11.3 Å². The highest BCUT2D eigenvalue weighted by Crippen LogP contribution is 2.38. The minimum Gasteiger partial charge on any atom is -0.377 e. The fourth-order valence-corrected chi connectivity index (χ4v) is 3.29. The smallest absolute Gasteiger partial charge is 0.0647 e. The molecule has 0 saturated heterocycles. The van der Waals surface area contributed by atoms with E-state index in [9.17, 15) is 0 Å². The fourth-order valence-electron chi connectivity index (χ4n) is 2.36. The maximum absolute atomic E-state index is 3.64. The fraction of sp³-hybridized carbons (Fsp3) is 0.286. The third kappa shape index (κ3) is 1.54. The molecule has 1 unspecified atom stereocenters. The van der Waals surface area contributed by atoms with Crippen molar-refractivity contribution in [2.75, 3.05) is 5.32 Å². The average Bonchev–Trinajstić information content (AvgIpc) is 2.84. The molecule has 16 heavy (non-hydrogen) atoms. The van der Waals surface area contributed by atoms with Gasteiger partial charge in [0.2, 0.25) is 0 Å². The van der Waals surface area contributed by atoms with E-state index in [4.69, 9.17) is 0 Å². The summed E-state index contributed by atoms with van der Waals surface area (Å²) in [7, 11) is 0. The van der Waals surface area contributed by atoms with Crippen molar-refractivity contribution >= 4 is 17.0 Å². The Morgan fingerprint density at radius 3 is 2.75 bits per heavy atom. The van der Waals surface area contributed by atoms with Gasteiger partial charge in [-0.25, -0.2) is 0 Å². The molecule has 0 bridgehead atoms. The molecule has 0 saturated carbocycles. The SMILES string of the molecule is Cc1ccc(C2Cc3cccc(C)c3N2)s1. The Morgan fingerprint density at radius 2 is 2.06 bits per heavy atom. The van der Waals surface area contributed by atoms with Gasteiger partial charge in [0.15, 0.2) is 0 Å². The van der Waals surface area contributed by atoms with E-state index in [0.717, 1.165) is 6.42 Å². The van der Waals surface area contributed by atoms with Gasteiger partial charge in [-0.3, -0.25) is 0 Å². The number of nitrogens with one attached hydrogen (secondary N) is 1. The van der Waals surface area contributed by atoms with Crippen molar-refractivity contribution in [2.45, 2.75) is 26.3 Å². The Morgan fingerprint density at radius 1 is 1.19 bits per heavy atom. The Labute approximate surface area is 100 Å². The Kier molecular flexibility index (Phi) is 2.25. The van der Waals surface area contributed by atoms with Crippen molar-refractivity contribution in [3.63, 3.8) is 0 Å². The van der Waals surface area contributed by atoms with Crippen LogP contribution in [0.2, 0.25) is 0 Å². The lowest BCUT2D eigenvalue weighted by Gasteiger charge is -2.09. The minimum absolute atomic E-state index is 0.481. The molecule has 82 valence electrons. The van der Waals surface area contributed by atoms with Gasteiger partial charge < -0.3 is 5.32 Å². The van der Waals surface area contributed by atoms with Crippen molar-refractivity contribution in [1.29, 1.82) is 0 Å². The first-order valence-corrected chi connectivity index (χ1v) is 6.47. The van der Waals surface area contributed by atoms with Crippen LogP contribution in [0.3, 0.4) is 0 Å². The molecule has 0 spiro atoms. The summed E-state index contributed by atoms with van der Waals surface area (Å²) in [6.45, 7) is 4.34. The second kappa shape index (κ2) is 3.63. The molecular weight excluding hydrogens is 214 g/mol. The molecule has 0 aliphatic carbocycles. The number of thiophene rings is 1. The van der Waals surface area contributed by atoms with Gasteiger partial charge in [0.25, 0.3) is 0 Å². The summed E-state index contributed by atoms with van der Waals surface area (Å²) < 4.78 is 0. The first kappa shape index (κ1) is 9.91. The van der Waals surface area contributed by atoms with Gasteiger partial charge in [-0.05, 0) is 43.5 Å². The van der Waals surface area contributed by atoms with Gasteiger partial charge in [0.1, 0.15) is 0 Å². The molecular formula is C14H15NS. The number of rotatable bonds is 1. The molecule has 2 heteroatoms. The zero-order valence-electron chi connectivity index (χ0n) is 9.58. The molecule has 1 aliphatic rings. The third-order valence-corrected chi connectivity index (χ3v) is 4.32. The lowest BCUT2D eigenvalue weighted by atomic mass is 10.1. The van der Waals surface area contributed by atoms with E-state index in [1.807, 2.05) is 11.3 Å². The predicted molar refractivity (Wildman–Crippen MR) is 70.3 cm³/mol. The first-order valence-electron chi connectivity index (χ1n) is 5.65. The highest BCUT2D eigenvalue weighted by Gasteiger charge is 2.23. The van der Waals surface area contributed by atoms with E-state index in [1.54, 1.807) is 0 Å². The van der Waals surface area contributed by atoms with E-state index in [-0.39, 0.29) is 0 Å². The van der Waals surface area contributed by atoms with Crippen LogP contribution < -0.4 is 5.32 Å². The number of anilines is 1. The van der Waals surface area contributed by atoms with Crippen LogP contribution in [0.25, 0.3) is 0 Å². The summed E-state index contributed by atoms with van der Waals surface area (Å²) in [5, 5.41) is 3.64. The highest BCUT2D eigenvalue weighted by molar-refractivity contribution is 7.12. The molecule has 1 N–H and O–H groups in total. The molecule has 3 rings (SSSR count). The van der Waals surface area contributed by atoms with Crippen LogP contribution in [-0.4, -0.2) is 0 Å². The molecule has 0 radical (unpaired) electrons. The summed E-state index contributed by atoms with van der Waals surface area (Å²) in [6.07, 6.45) is 1.12. The normalized spacial score (nSPS) is 18.2.